The van der Waals surface area contributed by atoms with Crippen LogP contribution in [0.2, 0.25) is 0 Å². The van der Waals surface area contributed by atoms with Crippen LogP contribution in [0.5, 0.6) is 5.75 Å². The minimum Gasteiger partial charge on any atom is -0.489 e. The highest BCUT2D eigenvalue weighted by Gasteiger charge is 2.21. The molecule has 1 aromatic rings. The number of hydrogen-bond donors (Lipinski definition) is 1. The van der Waals surface area contributed by atoms with Crippen molar-refractivity contribution in [2.24, 2.45) is 0 Å². The van der Waals surface area contributed by atoms with Gasteiger partial charge in [-0.2, -0.15) is 0 Å². The smallest absolute Gasteiger partial charge is 0.304 e. The Labute approximate surface area is 126 Å². The zero-order valence-electron chi connectivity index (χ0n) is 12.9. The van der Waals surface area contributed by atoms with Gasteiger partial charge in [-0.15, -0.1) is 0 Å². The number of carboxylic acid groups (broad SMARTS) is 1. The number of benzene rings is 1. The van der Waals surface area contributed by atoms with Gasteiger partial charge in [0, 0.05) is 13.1 Å². The molecule has 1 aliphatic rings. The SMILES string of the molecule is CC(C)c1ccc(OC2CCCN(CCC(=O)O)C2)cc1. The normalized spacial score (nSPS) is 19.7. The van der Waals surface area contributed by atoms with Gasteiger partial charge in [0.25, 0.3) is 0 Å². The Morgan fingerprint density at radius 2 is 2.10 bits per heavy atom. The van der Waals surface area contributed by atoms with Gasteiger partial charge >= 0.3 is 5.97 Å². The van der Waals surface area contributed by atoms with E-state index in [0.717, 1.165) is 31.7 Å². The molecule has 1 heterocycles. The van der Waals surface area contributed by atoms with Crippen LogP contribution in [0.1, 0.15) is 44.6 Å². The van der Waals surface area contributed by atoms with E-state index in [9.17, 15) is 4.79 Å². The molecule has 4 nitrogen and oxygen atoms in total. The van der Waals surface area contributed by atoms with Crippen LogP contribution in [-0.2, 0) is 4.79 Å². The summed E-state index contributed by atoms with van der Waals surface area (Å²) in [6.07, 6.45) is 2.47. The van der Waals surface area contributed by atoms with Gasteiger partial charge in [0.1, 0.15) is 11.9 Å². The summed E-state index contributed by atoms with van der Waals surface area (Å²) in [4.78, 5) is 12.8. The topological polar surface area (TPSA) is 49.8 Å². The second-order valence-corrected chi connectivity index (χ2v) is 6.05. The number of hydrogen-bond acceptors (Lipinski definition) is 3. The van der Waals surface area contributed by atoms with Crippen molar-refractivity contribution in [3.8, 4) is 5.75 Å². The maximum absolute atomic E-state index is 10.6. The summed E-state index contributed by atoms with van der Waals surface area (Å²) in [7, 11) is 0. The van der Waals surface area contributed by atoms with Crippen LogP contribution in [0, 0.1) is 0 Å². The van der Waals surface area contributed by atoms with E-state index in [2.05, 4.69) is 30.9 Å². The summed E-state index contributed by atoms with van der Waals surface area (Å²) in [6.45, 7) is 6.76. The van der Waals surface area contributed by atoms with E-state index in [0.29, 0.717) is 12.5 Å². The number of piperidine rings is 1. The quantitative estimate of drug-likeness (QED) is 0.875. The first kappa shape index (κ1) is 15.8. The largest absolute Gasteiger partial charge is 0.489 e. The molecule has 4 heteroatoms. The molecule has 0 aliphatic carbocycles. The van der Waals surface area contributed by atoms with Gasteiger partial charge < -0.3 is 9.84 Å². The van der Waals surface area contributed by atoms with E-state index in [4.69, 9.17) is 9.84 Å². The zero-order chi connectivity index (χ0) is 15.2. The summed E-state index contributed by atoms with van der Waals surface area (Å²) in [5.74, 6) is 0.701. The lowest BCUT2D eigenvalue weighted by atomic mass is 10.0. The van der Waals surface area contributed by atoms with Gasteiger partial charge in [0.15, 0.2) is 0 Å². The standard InChI is InChI=1S/C17H25NO3/c1-13(2)14-5-7-15(8-6-14)21-16-4-3-10-18(12-16)11-9-17(19)20/h5-8,13,16H,3-4,9-12H2,1-2H3,(H,19,20). The van der Waals surface area contributed by atoms with Gasteiger partial charge in [0.2, 0.25) is 0 Å². The third-order valence-electron chi connectivity index (χ3n) is 3.95. The Morgan fingerprint density at radius 3 is 2.71 bits per heavy atom. The van der Waals surface area contributed by atoms with Crippen molar-refractivity contribution in [2.75, 3.05) is 19.6 Å². The molecule has 2 rings (SSSR count). The fourth-order valence-electron chi connectivity index (χ4n) is 2.69. The van der Waals surface area contributed by atoms with Gasteiger partial charge in [0.05, 0.1) is 6.42 Å². The monoisotopic (exact) mass is 291 g/mol. The highest BCUT2D eigenvalue weighted by molar-refractivity contribution is 5.66. The van der Waals surface area contributed by atoms with Crippen molar-refractivity contribution in [2.45, 2.75) is 45.1 Å². The zero-order valence-corrected chi connectivity index (χ0v) is 12.9. The van der Waals surface area contributed by atoms with Gasteiger partial charge in [-0.05, 0) is 43.0 Å². The Balaban J connectivity index is 1.85. The minimum absolute atomic E-state index is 0.164. The lowest BCUT2D eigenvalue weighted by Crippen LogP contribution is -2.41. The van der Waals surface area contributed by atoms with Crippen molar-refractivity contribution in [3.05, 3.63) is 29.8 Å². The van der Waals surface area contributed by atoms with Crippen LogP contribution in [0.3, 0.4) is 0 Å². The van der Waals surface area contributed by atoms with E-state index in [-0.39, 0.29) is 12.5 Å². The summed E-state index contributed by atoms with van der Waals surface area (Å²) < 4.78 is 6.04. The molecule has 1 unspecified atom stereocenters. The predicted molar refractivity (Wildman–Crippen MR) is 82.9 cm³/mol. The fraction of sp³-hybridized carbons (Fsp3) is 0.588. The second kappa shape index (κ2) is 7.46. The van der Waals surface area contributed by atoms with E-state index < -0.39 is 5.97 Å². The molecule has 0 amide bonds. The first-order valence-electron chi connectivity index (χ1n) is 7.75. The Morgan fingerprint density at radius 1 is 1.38 bits per heavy atom. The molecule has 0 bridgehead atoms. The number of carboxylic acids is 1. The van der Waals surface area contributed by atoms with E-state index in [1.807, 2.05) is 12.1 Å². The average molecular weight is 291 g/mol. The highest BCUT2D eigenvalue weighted by Crippen LogP contribution is 2.22. The molecule has 1 fully saturated rings. The molecular weight excluding hydrogens is 266 g/mol. The van der Waals surface area contributed by atoms with Crippen molar-refractivity contribution < 1.29 is 14.6 Å². The van der Waals surface area contributed by atoms with Crippen molar-refractivity contribution in [3.63, 3.8) is 0 Å². The maximum Gasteiger partial charge on any atom is 0.304 e. The van der Waals surface area contributed by atoms with Crippen LogP contribution >= 0.6 is 0 Å². The van der Waals surface area contributed by atoms with E-state index in [1.54, 1.807) is 0 Å². The fourth-order valence-corrected chi connectivity index (χ4v) is 2.69. The van der Waals surface area contributed by atoms with Crippen LogP contribution < -0.4 is 4.74 Å². The summed E-state index contributed by atoms with van der Waals surface area (Å²) in [5.41, 5.74) is 1.31. The Bertz CT molecular complexity index is 456. The third-order valence-corrected chi connectivity index (χ3v) is 3.95. The molecule has 1 aromatic carbocycles. The second-order valence-electron chi connectivity index (χ2n) is 6.05. The molecule has 0 aromatic heterocycles. The molecular formula is C17H25NO3. The molecule has 21 heavy (non-hydrogen) atoms. The lowest BCUT2D eigenvalue weighted by molar-refractivity contribution is -0.137. The number of rotatable bonds is 6. The van der Waals surface area contributed by atoms with Crippen molar-refractivity contribution in [1.82, 2.24) is 4.90 Å². The van der Waals surface area contributed by atoms with Gasteiger partial charge in [-0.1, -0.05) is 26.0 Å². The summed E-state index contributed by atoms with van der Waals surface area (Å²) in [6, 6.07) is 8.30. The number of nitrogens with zero attached hydrogens (tertiary/aromatic N) is 1. The minimum atomic E-state index is -0.734. The lowest BCUT2D eigenvalue weighted by Gasteiger charge is -2.32. The average Bonchev–Trinajstić information content (AvgIpc) is 2.46. The molecule has 1 saturated heterocycles. The Kier molecular flexibility index (Phi) is 5.62. The molecule has 1 aliphatic heterocycles. The number of likely N-dealkylation sites (tertiary alicyclic amines) is 1. The summed E-state index contributed by atoms with van der Waals surface area (Å²) >= 11 is 0. The molecule has 116 valence electrons. The van der Waals surface area contributed by atoms with Crippen LogP contribution in [-0.4, -0.2) is 41.7 Å². The number of ether oxygens (including phenoxy) is 1. The first-order chi connectivity index (χ1) is 10.0. The van der Waals surface area contributed by atoms with Crippen LogP contribution in [0.15, 0.2) is 24.3 Å². The highest BCUT2D eigenvalue weighted by atomic mass is 16.5. The van der Waals surface area contributed by atoms with Crippen molar-refractivity contribution in [1.29, 1.82) is 0 Å². The third kappa shape index (κ3) is 5.05. The predicted octanol–water partition coefficient (Wildman–Crippen LogP) is 3.13. The van der Waals surface area contributed by atoms with Gasteiger partial charge in [-0.25, -0.2) is 0 Å². The van der Waals surface area contributed by atoms with Crippen LogP contribution in [0.25, 0.3) is 0 Å². The molecule has 0 saturated carbocycles. The molecule has 0 radical (unpaired) electrons. The number of aliphatic carboxylic acids is 1. The van der Waals surface area contributed by atoms with Gasteiger partial charge in [-0.3, -0.25) is 9.69 Å². The molecule has 0 spiro atoms. The van der Waals surface area contributed by atoms with E-state index >= 15 is 0 Å². The van der Waals surface area contributed by atoms with Crippen molar-refractivity contribution >= 4 is 5.97 Å². The molecule has 1 atom stereocenters. The van der Waals surface area contributed by atoms with E-state index in [1.165, 1.54) is 5.56 Å². The first-order valence-corrected chi connectivity index (χ1v) is 7.75. The van der Waals surface area contributed by atoms with Crippen LogP contribution in [0.4, 0.5) is 0 Å². The molecule has 1 N–H and O–H groups in total. The summed E-state index contributed by atoms with van der Waals surface area (Å²) in [5, 5.41) is 8.76. The Hall–Kier alpha value is -1.55. The number of carbonyl (C=O) groups is 1. The maximum atomic E-state index is 10.6.